The second kappa shape index (κ2) is 7.62. The lowest BCUT2D eigenvalue weighted by atomic mass is 9.82. The molecule has 96 valence electrons. The number of hydrogen-bond acceptors (Lipinski definition) is 3. The Hall–Kier alpha value is -0.670. The minimum atomic E-state index is 0. The molecule has 0 radical (unpaired) electrons. The summed E-state index contributed by atoms with van der Waals surface area (Å²) in [5.74, 6) is 1.79. The van der Waals surface area contributed by atoms with E-state index in [1.54, 1.807) is 6.33 Å². The van der Waals surface area contributed by atoms with Crippen LogP contribution in [0.15, 0.2) is 18.7 Å². The molecule has 0 amide bonds. The van der Waals surface area contributed by atoms with Crippen LogP contribution in [0.5, 0.6) is 0 Å². The van der Waals surface area contributed by atoms with Crippen LogP contribution in [0.3, 0.4) is 0 Å². The van der Waals surface area contributed by atoms with Gasteiger partial charge >= 0.3 is 0 Å². The standard InChI is InChI=1S/C13H21N3.ClH/c1-11-3-2-4-12(5-11)6-14-7-13-8-15-10-16-9-13;/h8-12,14H,2-7H2,1H3;1H. The van der Waals surface area contributed by atoms with Crippen molar-refractivity contribution >= 4 is 12.4 Å². The van der Waals surface area contributed by atoms with Crippen LogP contribution < -0.4 is 5.32 Å². The van der Waals surface area contributed by atoms with Crippen molar-refractivity contribution in [3.05, 3.63) is 24.3 Å². The van der Waals surface area contributed by atoms with Crippen LogP contribution in [0.1, 0.15) is 38.2 Å². The number of halogens is 1. The summed E-state index contributed by atoms with van der Waals surface area (Å²) < 4.78 is 0. The van der Waals surface area contributed by atoms with E-state index < -0.39 is 0 Å². The number of hydrogen-bond donors (Lipinski definition) is 1. The zero-order chi connectivity index (χ0) is 11.2. The van der Waals surface area contributed by atoms with Crippen molar-refractivity contribution in [1.82, 2.24) is 15.3 Å². The molecule has 0 aromatic carbocycles. The van der Waals surface area contributed by atoms with E-state index in [4.69, 9.17) is 0 Å². The summed E-state index contributed by atoms with van der Waals surface area (Å²) in [4.78, 5) is 8.02. The third kappa shape index (κ3) is 5.00. The number of nitrogens with zero attached hydrogens (tertiary/aromatic N) is 2. The van der Waals surface area contributed by atoms with E-state index in [2.05, 4.69) is 22.2 Å². The van der Waals surface area contributed by atoms with Crippen LogP contribution in [-0.4, -0.2) is 16.5 Å². The van der Waals surface area contributed by atoms with Crippen molar-refractivity contribution in [2.24, 2.45) is 11.8 Å². The fraction of sp³-hybridized carbons (Fsp3) is 0.692. The van der Waals surface area contributed by atoms with Gasteiger partial charge in [0.05, 0.1) is 0 Å². The van der Waals surface area contributed by atoms with Gasteiger partial charge in [-0.15, -0.1) is 12.4 Å². The number of aromatic nitrogens is 2. The van der Waals surface area contributed by atoms with Gasteiger partial charge in [-0.2, -0.15) is 0 Å². The predicted molar refractivity (Wildman–Crippen MR) is 72.1 cm³/mol. The Bertz CT molecular complexity index is 305. The maximum Gasteiger partial charge on any atom is 0.115 e. The Morgan fingerprint density at radius 1 is 1.29 bits per heavy atom. The lowest BCUT2D eigenvalue weighted by Gasteiger charge is -2.26. The van der Waals surface area contributed by atoms with Gasteiger partial charge in [0.15, 0.2) is 0 Å². The molecule has 17 heavy (non-hydrogen) atoms. The largest absolute Gasteiger partial charge is 0.312 e. The highest BCUT2D eigenvalue weighted by atomic mass is 35.5. The summed E-state index contributed by atoms with van der Waals surface area (Å²) in [6.45, 7) is 4.40. The van der Waals surface area contributed by atoms with E-state index >= 15 is 0 Å². The van der Waals surface area contributed by atoms with E-state index in [9.17, 15) is 0 Å². The number of rotatable bonds is 4. The summed E-state index contributed by atoms with van der Waals surface area (Å²) >= 11 is 0. The van der Waals surface area contributed by atoms with Crippen LogP contribution in [0.2, 0.25) is 0 Å². The fourth-order valence-corrected chi connectivity index (χ4v) is 2.59. The van der Waals surface area contributed by atoms with Gasteiger partial charge in [0.25, 0.3) is 0 Å². The van der Waals surface area contributed by atoms with Crippen molar-refractivity contribution < 1.29 is 0 Å². The first kappa shape index (κ1) is 14.4. The van der Waals surface area contributed by atoms with Gasteiger partial charge in [0, 0.05) is 24.5 Å². The van der Waals surface area contributed by atoms with E-state index in [0.717, 1.165) is 24.9 Å². The minimum Gasteiger partial charge on any atom is -0.312 e. The van der Waals surface area contributed by atoms with E-state index in [0.29, 0.717) is 0 Å². The average molecular weight is 256 g/mol. The van der Waals surface area contributed by atoms with Crippen molar-refractivity contribution in [2.45, 2.75) is 39.2 Å². The first-order chi connectivity index (χ1) is 7.84. The molecule has 3 nitrogen and oxygen atoms in total. The zero-order valence-electron chi connectivity index (χ0n) is 10.4. The van der Waals surface area contributed by atoms with Crippen molar-refractivity contribution in [3.8, 4) is 0 Å². The fourth-order valence-electron chi connectivity index (χ4n) is 2.59. The SMILES string of the molecule is CC1CCCC(CNCc2cncnc2)C1.Cl. The third-order valence-corrected chi connectivity index (χ3v) is 3.42. The van der Waals surface area contributed by atoms with Gasteiger partial charge in [0.2, 0.25) is 0 Å². The lowest BCUT2D eigenvalue weighted by Crippen LogP contribution is -2.26. The molecule has 1 N–H and O–H groups in total. The maximum absolute atomic E-state index is 4.01. The first-order valence-electron chi connectivity index (χ1n) is 6.29. The van der Waals surface area contributed by atoms with Crippen LogP contribution in [0, 0.1) is 11.8 Å². The van der Waals surface area contributed by atoms with Crippen LogP contribution in [0.25, 0.3) is 0 Å². The monoisotopic (exact) mass is 255 g/mol. The molecule has 4 heteroatoms. The number of nitrogens with one attached hydrogen (secondary N) is 1. The summed E-state index contributed by atoms with van der Waals surface area (Å²) in [5, 5.41) is 3.51. The summed E-state index contributed by atoms with van der Waals surface area (Å²) in [5.41, 5.74) is 1.17. The molecule has 1 fully saturated rings. The zero-order valence-corrected chi connectivity index (χ0v) is 11.2. The second-order valence-electron chi connectivity index (χ2n) is 5.02. The van der Waals surface area contributed by atoms with Crippen LogP contribution >= 0.6 is 12.4 Å². The third-order valence-electron chi connectivity index (χ3n) is 3.42. The summed E-state index contributed by atoms with van der Waals surface area (Å²) in [7, 11) is 0. The quantitative estimate of drug-likeness (QED) is 0.899. The second-order valence-corrected chi connectivity index (χ2v) is 5.02. The topological polar surface area (TPSA) is 37.8 Å². The molecule has 0 spiro atoms. The molecule has 0 saturated heterocycles. The minimum absolute atomic E-state index is 0. The van der Waals surface area contributed by atoms with Crippen LogP contribution in [-0.2, 0) is 6.54 Å². The molecule has 0 aliphatic heterocycles. The molecule has 1 heterocycles. The molecular formula is C13H22ClN3. The average Bonchev–Trinajstić information content (AvgIpc) is 2.30. The Labute approximate surface area is 110 Å². The molecule has 2 unspecified atom stereocenters. The smallest absolute Gasteiger partial charge is 0.115 e. The normalized spacial score (nSPS) is 24.1. The van der Waals surface area contributed by atoms with Gasteiger partial charge in [-0.3, -0.25) is 0 Å². The van der Waals surface area contributed by atoms with Crippen LogP contribution in [0.4, 0.5) is 0 Å². The van der Waals surface area contributed by atoms with E-state index in [1.807, 2.05) is 12.4 Å². The Balaban J connectivity index is 0.00000144. The summed E-state index contributed by atoms with van der Waals surface area (Å²) in [6, 6.07) is 0. The van der Waals surface area contributed by atoms with E-state index in [-0.39, 0.29) is 12.4 Å². The van der Waals surface area contributed by atoms with Gasteiger partial charge in [0.1, 0.15) is 6.33 Å². The highest BCUT2D eigenvalue weighted by molar-refractivity contribution is 5.85. The van der Waals surface area contributed by atoms with Crippen molar-refractivity contribution in [2.75, 3.05) is 6.54 Å². The first-order valence-corrected chi connectivity index (χ1v) is 6.29. The molecular weight excluding hydrogens is 234 g/mol. The van der Waals surface area contributed by atoms with Gasteiger partial charge in [-0.05, 0) is 31.2 Å². The summed E-state index contributed by atoms with van der Waals surface area (Å²) in [6.07, 6.45) is 10.9. The predicted octanol–water partition coefficient (Wildman–Crippen LogP) is 2.81. The Morgan fingerprint density at radius 3 is 2.76 bits per heavy atom. The molecule has 1 aliphatic rings. The molecule has 1 saturated carbocycles. The van der Waals surface area contributed by atoms with Crippen molar-refractivity contribution in [1.29, 1.82) is 0 Å². The Kier molecular flexibility index (Phi) is 6.45. The van der Waals surface area contributed by atoms with E-state index in [1.165, 1.54) is 31.2 Å². The Morgan fingerprint density at radius 2 is 2.06 bits per heavy atom. The van der Waals surface area contributed by atoms with Gasteiger partial charge < -0.3 is 5.32 Å². The lowest BCUT2D eigenvalue weighted by molar-refractivity contribution is 0.274. The highest BCUT2D eigenvalue weighted by Crippen LogP contribution is 2.27. The maximum atomic E-state index is 4.01. The molecule has 1 aromatic rings. The highest BCUT2D eigenvalue weighted by Gasteiger charge is 2.17. The molecule has 2 rings (SSSR count). The van der Waals surface area contributed by atoms with Gasteiger partial charge in [-0.25, -0.2) is 9.97 Å². The molecule has 1 aliphatic carbocycles. The van der Waals surface area contributed by atoms with Crippen molar-refractivity contribution in [3.63, 3.8) is 0 Å². The molecule has 1 aromatic heterocycles. The van der Waals surface area contributed by atoms with Gasteiger partial charge in [-0.1, -0.05) is 19.8 Å². The molecule has 2 atom stereocenters. The molecule has 0 bridgehead atoms.